The van der Waals surface area contributed by atoms with Crippen LogP contribution in [0, 0.1) is 0 Å². The first-order chi connectivity index (χ1) is 12.0. The number of aromatic nitrogens is 2. The van der Waals surface area contributed by atoms with Crippen molar-refractivity contribution < 1.29 is 26.0 Å². The number of alkyl halides is 3. The molecule has 0 aliphatic heterocycles. The summed E-state index contributed by atoms with van der Waals surface area (Å²) in [5.74, 6) is 0. The molecule has 138 valence electrons. The standard InChI is InChI=1S/C14H10F3N3O5S/c1-26(23,24)19-7-2-3-10-8(4-7)9(6-25-10)20-12(21)5-11(14(15,16)17)18-13(20)22/h2-6,19H,1H3,(H,18,22). The fourth-order valence-corrected chi connectivity index (χ4v) is 2.90. The Morgan fingerprint density at radius 1 is 1.19 bits per heavy atom. The number of hydrogen-bond acceptors (Lipinski definition) is 5. The number of fused-ring (bicyclic) bond motifs is 1. The van der Waals surface area contributed by atoms with Crippen LogP contribution in [0.5, 0.6) is 0 Å². The van der Waals surface area contributed by atoms with Crippen molar-refractivity contribution in [2.24, 2.45) is 0 Å². The summed E-state index contributed by atoms with van der Waals surface area (Å²) in [5, 5.41) is 0.158. The van der Waals surface area contributed by atoms with Gasteiger partial charge in [0.05, 0.1) is 6.26 Å². The largest absolute Gasteiger partial charge is 0.462 e. The fourth-order valence-electron chi connectivity index (χ4n) is 2.34. The number of sulfonamides is 1. The summed E-state index contributed by atoms with van der Waals surface area (Å²) < 4.78 is 68.5. The summed E-state index contributed by atoms with van der Waals surface area (Å²) in [6.07, 6.45) is -2.94. The van der Waals surface area contributed by atoms with Gasteiger partial charge in [0.1, 0.15) is 23.2 Å². The van der Waals surface area contributed by atoms with Gasteiger partial charge in [-0.25, -0.2) is 17.8 Å². The molecule has 2 heterocycles. The molecule has 0 aliphatic rings. The summed E-state index contributed by atoms with van der Waals surface area (Å²) in [7, 11) is -3.59. The molecule has 26 heavy (non-hydrogen) atoms. The Kier molecular flexibility index (Phi) is 3.94. The first-order valence-corrected chi connectivity index (χ1v) is 8.78. The minimum absolute atomic E-state index is 0.124. The first kappa shape index (κ1) is 17.8. The maximum absolute atomic E-state index is 12.7. The normalized spacial score (nSPS) is 12.5. The van der Waals surface area contributed by atoms with E-state index in [-0.39, 0.29) is 28.4 Å². The number of furan rings is 1. The Morgan fingerprint density at radius 3 is 2.46 bits per heavy atom. The molecule has 0 bridgehead atoms. The molecule has 0 saturated carbocycles. The fraction of sp³-hybridized carbons (Fsp3) is 0.143. The van der Waals surface area contributed by atoms with Gasteiger partial charge in [0.25, 0.3) is 5.56 Å². The molecule has 0 fully saturated rings. The van der Waals surface area contributed by atoms with E-state index >= 15 is 0 Å². The number of H-pyrrole nitrogens is 1. The van der Waals surface area contributed by atoms with Crippen LogP contribution in [0.15, 0.2) is 44.5 Å². The van der Waals surface area contributed by atoms with Crippen molar-refractivity contribution in [2.45, 2.75) is 6.18 Å². The van der Waals surface area contributed by atoms with Crippen molar-refractivity contribution in [3.8, 4) is 5.69 Å². The smallest absolute Gasteiger partial charge is 0.431 e. The molecule has 3 rings (SSSR count). The molecule has 0 amide bonds. The summed E-state index contributed by atoms with van der Waals surface area (Å²) in [4.78, 5) is 25.7. The predicted molar refractivity (Wildman–Crippen MR) is 85.9 cm³/mol. The molecule has 3 aromatic rings. The lowest BCUT2D eigenvalue weighted by Crippen LogP contribution is -2.35. The first-order valence-electron chi connectivity index (χ1n) is 6.89. The van der Waals surface area contributed by atoms with Crippen molar-refractivity contribution in [2.75, 3.05) is 11.0 Å². The number of nitrogens with one attached hydrogen (secondary N) is 2. The molecule has 0 unspecified atom stereocenters. The number of anilines is 1. The van der Waals surface area contributed by atoms with Gasteiger partial charge in [0, 0.05) is 17.1 Å². The average Bonchev–Trinajstić information content (AvgIpc) is 2.87. The number of aromatic amines is 1. The van der Waals surface area contributed by atoms with Crippen LogP contribution < -0.4 is 16.0 Å². The SMILES string of the molecule is CS(=O)(=O)Nc1ccc2occ(-n3c(=O)cc(C(F)(F)F)[nH]c3=O)c2c1. The van der Waals surface area contributed by atoms with Crippen LogP contribution in [0.2, 0.25) is 0 Å². The second-order valence-electron chi connectivity index (χ2n) is 5.37. The minimum Gasteiger partial charge on any atom is -0.462 e. The Hall–Kier alpha value is -3.02. The zero-order valence-corrected chi connectivity index (χ0v) is 13.7. The lowest BCUT2D eigenvalue weighted by Gasteiger charge is -2.08. The molecule has 0 spiro atoms. The van der Waals surface area contributed by atoms with Crippen LogP contribution >= 0.6 is 0 Å². The topological polar surface area (TPSA) is 114 Å². The Morgan fingerprint density at radius 2 is 1.88 bits per heavy atom. The second-order valence-corrected chi connectivity index (χ2v) is 7.11. The molecular weight excluding hydrogens is 379 g/mol. The van der Waals surface area contributed by atoms with Gasteiger partial charge in [0.2, 0.25) is 10.0 Å². The van der Waals surface area contributed by atoms with Crippen molar-refractivity contribution in [3.63, 3.8) is 0 Å². The van der Waals surface area contributed by atoms with E-state index in [0.29, 0.717) is 4.57 Å². The minimum atomic E-state index is -4.89. The van der Waals surface area contributed by atoms with Crippen molar-refractivity contribution in [3.05, 3.63) is 57.1 Å². The van der Waals surface area contributed by atoms with Crippen LogP contribution in [0.1, 0.15) is 5.69 Å². The van der Waals surface area contributed by atoms with Gasteiger partial charge in [-0.3, -0.25) is 9.52 Å². The van der Waals surface area contributed by atoms with Crippen LogP contribution in [-0.2, 0) is 16.2 Å². The van der Waals surface area contributed by atoms with Crippen LogP contribution in [0.3, 0.4) is 0 Å². The molecule has 8 nitrogen and oxygen atoms in total. The van der Waals surface area contributed by atoms with E-state index in [1.54, 1.807) is 4.98 Å². The predicted octanol–water partition coefficient (Wildman–Crippen LogP) is 1.66. The van der Waals surface area contributed by atoms with Gasteiger partial charge in [0.15, 0.2) is 0 Å². The maximum Gasteiger partial charge on any atom is 0.431 e. The summed E-state index contributed by atoms with van der Waals surface area (Å²) in [5.41, 5.74) is -3.81. The number of rotatable bonds is 3. The lowest BCUT2D eigenvalue weighted by atomic mass is 10.2. The van der Waals surface area contributed by atoms with Crippen molar-refractivity contribution in [1.29, 1.82) is 0 Å². The van der Waals surface area contributed by atoms with Gasteiger partial charge in [-0.2, -0.15) is 13.2 Å². The van der Waals surface area contributed by atoms with Gasteiger partial charge in [-0.05, 0) is 18.2 Å². The summed E-state index contributed by atoms with van der Waals surface area (Å²) >= 11 is 0. The lowest BCUT2D eigenvalue weighted by molar-refractivity contribution is -0.141. The Bertz CT molecular complexity index is 1190. The van der Waals surface area contributed by atoms with Gasteiger partial charge < -0.3 is 9.40 Å². The molecule has 2 aromatic heterocycles. The van der Waals surface area contributed by atoms with Crippen molar-refractivity contribution in [1.82, 2.24) is 9.55 Å². The summed E-state index contributed by atoms with van der Waals surface area (Å²) in [6, 6.07) is 4.31. The van der Waals surface area contributed by atoms with E-state index in [9.17, 15) is 31.2 Å². The zero-order valence-electron chi connectivity index (χ0n) is 12.9. The molecule has 0 saturated heterocycles. The Balaban J connectivity index is 2.22. The molecule has 0 radical (unpaired) electrons. The number of hydrogen-bond donors (Lipinski definition) is 2. The number of halogens is 3. The third kappa shape index (κ3) is 3.35. The van der Waals surface area contributed by atoms with E-state index in [2.05, 4.69) is 4.72 Å². The number of benzene rings is 1. The summed E-state index contributed by atoms with van der Waals surface area (Å²) in [6.45, 7) is 0. The molecular formula is C14H10F3N3O5S. The van der Waals surface area contributed by atoms with Crippen LogP contribution in [-0.4, -0.2) is 24.2 Å². The highest BCUT2D eigenvalue weighted by atomic mass is 32.2. The highest BCUT2D eigenvalue weighted by Gasteiger charge is 2.33. The van der Waals surface area contributed by atoms with E-state index in [1.165, 1.54) is 18.2 Å². The molecule has 0 aliphatic carbocycles. The second kappa shape index (κ2) is 5.76. The van der Waals surface area contributed by atoms with E-state index in [0.717, 1.165) is 12.5 Å². The number of nitrogens with zero attached hydrogens (tertiary/aromatic N) is 1. The molecule has 2 N–H and O–H groups in total. The maximum atomic E-state index is 12.7. The Labute approximate surface area is 142 Å². The highest BCUT2D eigenvalue weighted by molar-refractivity contribution is 7.92. The molecule has 1 aromatic carbocycles. The quantitative estimate of drug-likeness (QED) is 0.707. The molecule has 0 atom stereocenters. The third-order valence-electron chi connectivity index (χ3n) is 3.34. The average molecular weight is 389 g/mol. The zero-order chi connectivity index (χ0) is 19.3. The van der Waals surface area contributed by atoms with Gasteiger partial charge in [-0.15, -0.1) is 0 Å². The van der Waals surface area contributed by atoms with Crippen LogP contribution in [0.25, 0.3) is 16.7 Å². The van der Waals surface area contributed by atoms with E-state index in [1.807, 2.05) is 0 Å². The van der Waals surface area contributed by atoms with Crippen molar-refractivity contribution >= 4 is 26.7 Å². The van der Waals surface area contributed by atoms with Crippen LogP contribution in [0.4, 0.5) is 18.9 Å². The monoisotopic (exact) mass is 389 g/mol. The van der Waals surface area contributed by atoms with E-state index < -0.39 is 33.1 Å². The van der Waals surface area contributed by atoms with E-state index in [4.69, 9.17) is 4.42 Å². The molecule has 12 heteroatoms. The van der Waals surface area contributed by atoms with Gasteiger partial charge in [-0.1, -0.05) is 0 Å². The third-order valence-corrected chi connectivity index (χ3v) is 3.94. The van der Waals surface area contributed by atoms with Gasteiger partial charge >= 0.3 is 11.9 Å². The highest BCUT2D eigenvalue weighted by Crippen LogP contribution is 2.28.